The second kappa shape index (κ2) is 9.35. The molecule has 0 saturated heterocycles. The van der Waals surface area contributed by atoms with Crippen LogP contribution in [0, 0.1) is 0 Å². The van der Waals surface area contributed by atoms with E-state index < -0.39 is 0 Å². The topological polar surface area (TPSA) is 35.0 Å². The SMILES string of the molecule is c1ccc(COc2ccc(C3(c4ccc(-c5ccncc5)cc4)CCCCC3)cc2)nc1. The molecule has 3 nitrogen and oxygen atoms in total. The normalized spacial score (nSPS) is 15.2. The molecule has 4 aromatic rings. The molecule has 0 bridgehead atoms. The minimum absolute atomic E-state index is 0.0779. The molecule has 0 amide bonds. The molecule has 1 saturated carbocycles. The molecular weight excluding hydrogens is 392 g/mol. The van der Waals surface area contributed by atoms with Gasteiger partial charge in [-0.1, -0.05) is 61.7 Å². The molecule has 1 aliphatic rings. The molecule has 0 spiro atoms. The van der Waals surface area contributed by atoms with Gasteiger partial charge < -0.3 is 4.74 Å². The lowest BCUT2D eigenvalue weighted by Crippen LogP contribution is -2.30. The number of rotatable bonds is 6. The van der Waals surface area contributed by atoms with Gasteiger partial charge in [-0.25, -0.2) is 0 Å². The average molecular weight is 421 g/mol. The second-order valence-electron chi connectivity index (χ2n) is 8.59. The van der Waals surface area contributed by atoms with Crippen molar-refractivity contribution in [3.05, 3.63) is 114 Å². The van der Waals surface area contributed by atoms with Crippen LogP contribution >= 0.6 is 0 Å². The van der Waals surface area contributed by atoms with E-state index in [0.29, 0.717) is 6.61 Å². The van der Waals surface area contributed by atoms with Crippen LogP contribution in [0.1, 0.15) is 48.9 Å². The van der Waals surface area contributed by atoms with Crippen LogP contribution < -0.4 is 4.74 Å². The molecule has 32 heavy (non-hydrogen) atoms. The number of nitrogens with zero attached hydrogens (tertiary/aromatic N) is 2. The van der Waals surface area contributed by atoms with Gasteiger partial charge in [-0.05, 0) is 71.5 Å². The van der Waals surface area contributed by atoms with Gasteiger partial charge >= 0.3 is 0 Å². The molecule has 160 valence electrons. The first-order valence-electron chi connectivity index (χ1n) is 11.5. The second-order valence-corrected chi connectivity index (χ2v) is 8.59. The van der Waals surface area contributed by atoms with E-state index >= 15 is 0 Å². The third-order valence-electron chi connectivity index (χ3n) is 6.68. The zero-order valence-corrected chi connectivity index (χ0v) is 18.3. The van der Waals surface area contributed by atoms with Crippen LogP contribution in [0.15, 0.2) is 97.5 Å². The number of pyridine rings is 2. The Morgan fingerprint density at radius 2 is 1.31 bits per heavy atom. The van der Waals surface area contributed by atoms with Crippen molar-refractivity contribution in [1.29, 1.82) is 0 Å². The van der Waals surface area contributed by atoms with Gasteiger partial charge in [0.25, 0.3) is 0 Å². The van der Waals surface area contributed by atoms with E-state index in [4.69, 9.17) is 4.74 Å². The van der Waals surface area contributed by atoms with E-state index in [1.165, 1.54) is 54.4 Å². The van der Waals surface area contributed by atoms with Gasteiger partial charge in [-0.2, -0.15) is 0 Å². The molecule has 2 aromatic carbocycles. The van der Waals surface area contributed by atoms with Crippen molar-refractivity contribution >= 4 is 0 Å². The van der Waals surface area contributed by atoms with Crippen molar-refractivity contribution in [2.24, 2.45) is 0 Å². The molecular formula is C29H28N2O. The van der Waals surface area contributed by atoms with E-state index in [0.717, 1.165) is 11.4 Å². The molecule has 0 unspecified atom stereocenters. The van der Waals surface area contributed by atoms with Crippen molar-refractivity contribution in [3.8, 4) is 16.9 Å². The summed E-state index contributed by atoms with van der Waals surface area (Å²) in [6, 6.07) is 27.9. The average Bonchev–Trinajstić information content (AvgIpc) is 2.89. The highest BCUT2D eigenvalue weighted by Crippen LogP contribution is 2.45. The number of ether oxygens (including phenoxy) is 1. The third-order valence-corrected chi connectivity index (χ3v) is 6.68. The van der Waals surface area contributed by atoms with Gasteiger partial charge in [0.05, 0.1) is 5.69 Å². The first-order valence-corrected chi connectivity index (χ1v) is 11.5. The van der Waals surface area contributed by atoms with E-state index in [1.54, 1.807) is 6.20 Å². The zero-order chi connectivity index (χ0) is 21.6. The Labute approximate surface area is 190 Å². The van der Waals surface area contributed by atoms with Crippen LogP contribution in [0.2, 0.25) is 0 Å². The van der Waals surface area contributed by atoms with Gasteiger partial charge in [0, 0.05) is 24.0 Å². The van der Waals surface area contributed by atoms with Crippen LogP contribution in [0.3, 0.4) is 0 Å². The molecule has 0 aliphatic heterocycles. The molecule has 0 N–H and O–H groups in total. The van der Waals surface area contributed by atoms with Crippen molar-refractivity contribution in [1.82, 2.24) is 9.97 Å². The van der Waals surface area contributed by atoms with Crippen molar-refractivity contribution < 1.29 is 4.74 Å². The molecule has 5 rings (SSSR count). The Morgan fingerprint density at radius 1 is 0.656 bits per heavy atom. The van der Waals surface area contributed by atoms with Crippen molar-refractivity contribution in [3.63, 3.8) is 0 Å². The Kier molecular flexibility index (Phi) is 5.98. The smallest absolute Gasteiger partial charge is 0.130 e. The highest BCUT2D eigenvalue weighted by Gasteiger charge is 2.35. The minimum atomic E-state index is 0.0779. The van der Waals surface area contributed by atoms with Gasteiger partial charge in [-0.15, -0.1) is 0 Å². The quantitative estimate of drug-likeness (QED) is 0.338. The molecule has 3 heteroatoms. The zero-order valence-electron chi connectivity index (χ0n) is 18.3. The Hall–Kier alpha value is -3.46. The van der Waals surface area contributed by atoms with E-state index in [-0.39, 0.29) is 5.41 Å². The van der Waals surface area contributed by atoms with E-state index in [9.17, 15) is 0 Å². The summed E-state index contributed by atoms with van der Waals surface area (Å²) in [5.74, 6) is 0.887. The first kappa shape index (κ1) is 20.4. The Balaban J connectivity index is 1.39. The van der Waals surface area contributed by atoms with Crippen LogP contribution in [0.25, 0.3) is 11.1 Å². The minimum Gasteiger partial charge on any atom is -0.487 e. The number of hydrogen-bond donors (Lipinski definition) is 0. The van der Waals surface area contributed by atoms with Crippen LogP contribution in [-0.2, 0) is 12.0 Å². The standard InChI is InChI=1S/C29H28N2O/c1-3-17-29(18-4-1,25-9-7-23(8-10-25)24-15-20-30-21-16-24)26-11-13-28(14-12-26)32-22-27-6-2-5-19-31-27/h2,5-16,19-21H,1,3-4,17-18,22H2. The molecule has 2 heterocycles. The fourth-order valence-corrected chi connectivity index (χ4v) is 4.94. The lowest BCUT2D eigenvalue weighted by atomic mass is 9.65. The summed E-state index contributed by atoms with van der Waals surface area (Å²) >= 11 is 0. The lowest BCUT2D eigenvalue weighted by Gasteiger charge is -2.39. The molecule has 1 fully saturated rings. The van der Waals surface area contributed by atoms with Gasteiger partial charge in [0.1, 0.15) is 12.4 Å². The van der Waals surface area contributed by atoms with Crippen molar-refractivity contribution in [2.45, 2.75) is 44.1 Å². The molecule has 0 radical (unpaired) electrons. The monoisotopic (exact) mass is 420 g/mol. The highest BCUT2D eigenvalue weighted by atomic mass is 16.5. The highest BCUT2D eigenvalue weighted by molar-refractivity contribution is 5.63. The maximum atomic E-state index is 5.97. The maximum Gasteiger partial charge on any atom is 0.130 e. The Morgan fingerprint density at radius 3 is 1.97 bits per heavy atom. The van der Waals surface area contributed by atoms with Crippen LogP contribution in [0.5, 0.6) is 5.75 Å². The number of aromatic nitrogens is 2. The maximum absolute atomic E-state index is 5.97. The molecule has 0 atom stereocenters. The Bertz CT molecular complexity index is 1120. The van der Waals surface area contributed by atoms with E-state index in [2.05, 4.69) is 70.6 Å². The number of benzene rings is 2. The van der Waals surface area contributed by atoms with Gasteiger partial charge in [0.15, 0.2) is 0 Å². The molecule has 2 aromatic heterocycles. The summed E-state index contributed by atoms with van der Waals surface area (Å²) in [6.45, 7) is 0.488. The largest absolute Gasteiger partial charge is 0.487 e. The van der Waals surface area contributed by atoms with Gasteiger partial charge in [-0.3, -0.25) is 9.97 Å². The molecule has 1 aliphatic carbocycles. The van der Waals surface area contributed by atoms with Crippen molar-refractivity contribution in [2.75, 3.05) is 0 Å². The summed E-state index contributed by atoms with van der Waals surface area (Å²) in [6.07, 6.45) is 11.7. The van der Waals surface area contributed by atoms with E-state index in [1.807, 2.05) is 30.6 Å². The van der Waals surface area contributed by atoms with Crippen LogP contribution in [-0.4, -0.2) is 9.97 Å². The third kappa shape index (κ3) is 4.29. The summed E-state index contributed by atoms with van der Waals surface area (Å²) in [4.78, 5) is 8.47. The van der Waals surface area contributed by atoms with Gasteiger partial charge in [0.2, 0.25) is 0 Å². The van der Waals surface area contributed by atoms with Crippen LogP contribution in [0.4, 0.5) is 0 Å². The lowest BCUT2D eigenvalue weighted by molar-refractivity contribution is 0.300. The summed E-state index contributed by atoms with van der Waals surface area (Å²) in [5.41, 5.74) is 6.26. The summed E-state index contributed by atoms with van der Waals surface area (Å²) in [7, 11) is 0. The predicted octanol–water partition coefficient (Wildman–Crippen LogP) is 6.97. The summed E-state index contributed by atoms with van der Waals surface area (Å²) < 4.78 is 5.97. The fourth-order valence-electron chi connectivity index (χ4n) is 4.94. The predicted molar refractivity (Wildman–Crippen MR) is 129 cm³/mol. The first-order chi connectivity index (χ1) is 15.8. The number of hydrogen-bond acceptors (Lipinski definition) is 3. The fraction of sp³-hybridized carbons (Fsp3) is 0.241. The summed E-state index contributed by atoms with van der Waals surface area (Å²) in [5, 5.41) is 0.